The van der Waals surface area contributed by atoms with Gasteiger partial charge >= 0.3 is 0 Å². The summed E-state index contributed by atoms with van der Waals surface area (Å²) in [7, 11) is 0. The van der Waals surface area contributed by atoms with Crippen molar-refractivity contribution in [2.75, 3.05) is 0 Å². The number of halogens is 2. The molecule has 0 heterocycles. The van der Waals surface area contributed by atoms with E-state index in [4.69, 9.17) is 11.6 Å². The van der Waals surface area contributed by atoms with Gasteiger partial charge < -0.3 is 10.6 Å². The van der Waals surface area contributed by atoms with Crippen LogP contribution in [0.15, 0.2) is 18.2 Å². The first-order valence-electron chi connectivity index (χ1n) is 6.55. The monoisotopic (exact) mass is 298 g/mol. The lowest BCUT2D eigenvalue weighted by Crippen LogP contribution is -2.28. The van der Waals surface area contributed by atoms with Crippen LogP contribution in [0.25, 0.3) is 0 Å². The number of benzene rings is 1. The number of carbonyl (C=O) groups excluding carboxylic acids is 2. The molecule has 1 fully saturated rings. The molecule has 1 aromatic carbocycles. The third-order valence-electron chi connectivity index (χ3n) is 3.03. The molecular formula is C14H16ClFN2O2. The van der Waals surface area contributed by atoms with Crippen molar-refractivity contribution in [1.82, 2.24) is 10.6 Å². The Hall–Kier alpha value is -1.62. The third kappa shape index (κ3) is 4.49. The SMILES string of the molecule is O=C(CCC(=O)NC1CC1)NCc1cccc(Cl)c1F. The molecule has 1 saturated carbocycles. The van der Waals surface area contributed by atoms with E-state index in [1.54, 1.807) is 12.1 Å². The molecular weight excluding hydrogens is 283 g/mol. The van der Waals surface area contributed by atoms with E-state index >= 15 is 0 Å². The average molecular weight is 299 g/mol. The Bertz CT molecular complexity index is 518. The maximum Gasteiger partial charge on any atom is 0.220 e. The predicted molar refractivity (Wildman–Crippen MR) is 73.7 cm³/mol. The van der Waals surface area contributed by atoms with Gasteiger partial charge in [-0.1, -0.05) is 23.7 Å². The van der Waals surface area contributed by atoms with Crippen molar-refractivity contribution in [3.8, 4) is 0 Å². The summed E-state index contributed by atoms with van der Waals surface area (Å²) in [6.45, 7) is 0.0650. The standard InChI is InChI=1S/C14H16ClFN2O2/c15-11-3-1-2-9(14(11)16)8-17-12(19)6-7-13(20)18-10-4-5-10/h1-3,10H,4-8H2,(H,17,19)(H,18,20). The fourth-order valence-electron chi connectivity index (χ4n) is 1.72. The van der Waals surface area contributed by atoms with E-state index in [9.17, 15) is 14.0 Å². The van der Waals surface area contributed by atoms with Crippen LogP contribution in [0.3, 0.4) is 0 Å². The molecule has 0 aliphatic heterocycles. The number of carbonyl (C=O) groups is 2. The van der Waals surface area contributed by atoms with Crippen LogP contribution in [0.2, 0.25) is 5.02 Å². The predicted octanol–water partition coefficient (Wildman–Crippen LogP) is 2.15. The molecule has 1 aliphatic carbocycles. The summed E-state index contributed by atoms with van der Waals surface area (Å²) in [4.78, 5) is 23.0. The summed E-state index contributed by atoms with van der Waals surface area (Å²) < 4.78 is 13.6. The van der Waals surface area contributed by atoms with Gasteiger partial charge in [0.15, 0.2) is 0 Å². The lowest BCUT2D eigenvalue weighted by molar-refractivity contribution is -0.126. The molecule has 0 saturated heterocycles. The lowest BCUT2D eigenvalue weighted by Gasteiger charge is -2.07. The number of hydrogen-bond acceptors (Lipinski definition) is 2. The van der Waals surface area contributed by atoms with Gasteiger partial charge in [-0.15, -0.1) is 0 Å². The Balaban J connectivity index is 1.71. The van der Waals surface area contributed by atoms with E-state index in [0.717, 1.165) is 12.8 Å². The molecule has 0 bridgehead atoms. The molecule has 1 aromatic rings. The first-order valence-corrected chi connectivity index (χ1v) is 6.93. The molecule has 0 spiro atoms. The quantitative estimate of drug-likeness (QED) is 0.845. The topological polar surface area (TPSA) is 58.2 Å². The van der Waals surface area contributed by atoms with Gasteiger partial charge in [0.05, 0.1) is 5.02 Å². The van der Waals surface area contributed by atoms with Crippen molar-refractivity contribution in [3.63, 3.8) is 0 Å². The Labute approximate surface area is 121 Å². The second-order valence-corrected chi connectivity index (χ2v) is 5.24. The molecule has 0 unspecified atom stereocenters. The number of nitrogens with one attached hydrogen (secondary N) is 2. The summed E-state index contributed by atoms with van der Waals surface area (Å²) in [6, 6.07) is 4.92. The molecule has 2 N–H and O–H groups in total. The fraction of sp³-hybridized carbons (Fsp3) is 0.429. The maximum atomic E-state index is 13.6. The van der Waals surface area contributed by atoms with E-state index in [2.05, 4.69) is 10.6 Å². The van der Waals surface area contributed by atoms with Crippen molar-refractivity contribution < 1.29 is 14.0 Å². The van der Waals surface area contributed by atoms with Crippen molar-refractivity contribution >= 4 is 23.4 Å². The van der Waals surface area contributed by atoms with E-state index in [1.807, 2.05) is 0 Å². The molecule has 2 rings (SSSR count). The average Bonchev–Trinajstić information content (AvgIpc) is 3.22. The molecule has 2 amide bonds. The summed E-state index contributed by atoms with van der Waals surface area (Å²) in [5.74, 6) is -0.923. The van der Waals surface area contributed by atoms with Crippen LogP contribution in [0, 0.1) is 5.82 Å². The van der Waals surface area contributed by atoms with E-state index in [-0.39, 0.29) is 36.2 Å². The number of rotatable bonds is 6. The summed E-state index contributed by atoms with van der Waals surface area (Å²) >= 11 is 5.65. The van der Waals surface area contributed by atoms with E-state index in [1.165, 1.54) is 6.07 Å². The first kappa shape index (κ1) is 14.8. The van der Waals surface area contributed by atoms with Crippen LogP contribution >= 0.6 is 11.6 Å². The molecule has 1 aliphatic rings. The van der Waals surface area contributed by atoms with Gasteiger partial charge in [0.25, 0.3) is 0 Å². The van der Waals surface area contributed by atoms with Gasteiger partial charge in [-0.2, -0.15) is 0 Å². The molecule has 0 aromatic heterocycles. The molecule has 108 valence electrons. The number of amides is 2. The van der Waals surface area contributed by atoms with Crippen LogP contribution in [0.4, 0.5) is 4.39 Å². The number of hydrogen-bond donors (Lipinski definition) is 2. The second-order valence-electron chi connectivity index (χ2n) is 4.83. The van der Waals surface area contributed by atoms with Crippen LogP contribution in [0.5, 0.6) is 0 Å². The minimum Gasteiger partial charge on any atom is -0.353 e. The first-order chi connectivity index (χ1) is 9.56. The highest BCUT2D eigenvalue weighted by molar-refractivity contribution is 6.30. The largest absolute Gasteiger partial charge is 0.353 e. The van der Waals surface area contributed by atoms with Crippen molar-refractivity contribution in [2.45, 2.75) is 38.3 Å². The lowest BCUT2D eigenvalue weighted by atomic mass is 10.2. The van der Waals surface area contributed by atoms with E-state index < -0.39 is 5.82 Å². The van der Waals surface area contributed by atoms with Gasteiger partial charge in [0.2, 0.25) is 11.8 Å². The molecule has 20 heavy (non-hydrogen) atoms. The molecule has 4 nitrogen and oxygen atoms in total. The highest BCUT2D eigenvalue weighted by Gasteiger charge is 2.23. The third-order valence-corrected chi connectivity index (χ3v) is 3.32. The van der Waals surface area contributed by atoms with Crippen molar-refractivity contribution in [2.24, 2.45) is 0 Å². The highest BCUT2D eigenvalue weighted by atomic mass is 35.5. The van der Waals surface area contributed by atoms with Gasteiger partial charge in [-0.05, 0) is 18.9 Å². The molecule has 6 heteroatoms. The Kier molecular flexibility index (Phi) is 4.95. The zero-order valence-electron chi connectivity index (χ0n) is 10.9. The Morgan fingerprint density at radius 1 is 1.25 bits per heavy atom. The van der Waals surface area contributed by atoms with Crippen LogP contribution < -0.4 is 10.6 Å². The van der Waals surface area contributed by atoms with Crippen molar-refractivity contribution in [1.29, 1.82) is 0 Å². The Morgan fingerprint density at radius 2 is 1.95 bits per heavy atom. The van der Waals surface area contributed by atoms with Gasteiger partial charge in [-0.25, -0.2) is 4.39 Å². The van der Waals surface area contributed by atoms with Crippen LogP contribution in [-0.4, -0.2) is 17.9 Å². The van der Waals surface area contributed by atoms with Crippen LogP contribution in [0.1, 0.15) is 31.2 Å². The van der Waals surface area contributed by atoms with Crippen LogP contribution in [-0.2, 0) is 16.1 Å². The molecule has 0 atom stereocenters. The minimum absolute atomic E-state index is 0.0283. The van der Waals surface area contributed by atoms with Crippen molar-refractivity contribution in [3.05, 3.63) is 34.6 Å². The summed E-state index contributed by atoms with van der Waals surface area (Å²) in [5, 5.41) is 5.41. The highest BCUT2D eigenvalue weighted by Crippen LogP contribution is 2.19. The van der Waals surface area contributed by atoms with Gasteiger partial charge in [0, 0.05) is 31.0 Å². The zero-order valence-corrected chi connectivity index (χ0v) is 11.7. The second kappa shape index (κ2) is 6.70. The zero-order chi connectivity index (χ0) is 14.5. The van der Waals surface area contributed by atoms with E-state index in [0.29, 0.717) is 11.6 Å². The summed E-state index contributed by atoms with van der Waals surface area (Å²) in [6.07, 6.45) is 2.29. The Morgan fingerprint density at radius 3 is 2.65 bits per heavy atom. The summed E-state index contributed by atoms with van der Waals surface area (Å²) in [5.41, 5.74) is 0.327. The smallest absolute Gasteiger partial charge is 0.220 e. The van der Waals surface area contributed by atoms with Gasteiger partial charge in [-0.3, -0.25) is 9.59 Å². The minimum atomic E-state index is -0.527. The maximum absolute atomic E-state index is 13.6. The van der Waals surface area contributed by atoms with Gasteiger partial charge in [0.1, 0.15) is 5.82 Å². The fourth-order valence-corrected chi connectivity index (χ4v) is 1.92. The molecule has 0 radical (unpaired) electrons. The normalized spacial score (nSPS) is 13.9.